The molecule has 5 rings (SSSR count). The molecule has 0 bridgehead atoms. The molecule has 0 aliphatic carbocycles. The van der Waals surface area contributed by atoms with E-state index < -0.39 is 0 Å². The highest BCUT2D eigenvalue weighted by atomic mass is 127. The van der Waals surface area contributed by atoms with Gasteiger partial charge in [-0.1, -0.05) is 12.1 Å². The van der Waals surface area contributed by atoms with Crippen LogP contribution in [-0.2, 0) is 6.42 Å². The molecule has 3 nitrogen and oxygen atoms in total. The number of nitrogens with one attached hydrogen (secondary N) is 1. The monoisotopic (exact) mass is 579 g/mol. The average Bonchev–Trinajstić information content (AvgIpc) is 3.52. The van der Waals surface area contributed by atoms with Crippen molar-refractivity contribution >= 4 is 77.8 Å². The Balaban J connectivity index is 1.57. The molecule has 1 aromatic carbocycles. The van der Waals surface area contributed by atoms with Gasteiger partial charge < -0.3 is 0 Å². The molecular formula is C22H18IN3S4. The summed E-state index contributed by atoms with van der Waals surface area (Å²) in [4.78, 5) is 6.60. The van der Waals surface area contributed by atoms with E-state index in [4.69, 9.17) is 3.56 Å². The second-order valence-corrected chi connectivity index (χ2v) is 12.5. The summed E-state index contributed by atoms with van der Waals surface area (Å²) < 4.78 is 17.9. The summed E-state index contributed by atoms with van der Waals surface area (Å²) in [6.07, 6.45) is 1.05. The van der Waals surface area contributed by atoms with Crippen LogP contribution >= 0.6 is 66.8 Å². The van der Waals surface area contributed by atoms with Gasteiger partial charge in [-0.3, -0.25) is 3.56 Å². The Kier molecular flexibility index (Phi) is 5.94. The largest absolute Gasteiger partial charge is 0.278 e. The van der Waals surface area contributed by atoms with Crippen molar-refractivity contribution in [2.75, 3.05) is 4.43 Å². The topological polar surface area (TPSA) is 49.6 Å². The van der Waals surface area contributed by atoms with Gasteiger partial charge in [0.05, 0.1) is 11.7 Å². The molecule has 0 radical (unpaired) electrons. The second-order valence-electron chi connectivity index (χ2n) is 7.02. The third-order valence-electron chi connectivity index (χ3n) is 5.02. The average molecular weight is 580 g/mol. The Bertz CT molecular complexity index is 1360. The molecule has 30 heavy (non-hydrogen) atoms. The zero-order valence-electron chi connectivity index (χ0n) is 16.4. The first-order chi connectivity index (χ1) is 14.7. The van der Waals surface area contributed by atoms with Crippen molar-refractivity contribution in [1.82, 2.24) is 8.75 Å². The predicted molar refractivity (Wildman–Crippen MR) is 142 cm³/mol. The number of rotatable bonds is 6. The fraction of sp³-hybridized carbons (Fsp3) is 0.182. The number of hydrogen-bond acceptors (Lipinski definition) is 7. The van der Waals surface area contributed by atoms with Crippen LogP contribution in [0.15, 0.2) is 41.8 Å². The van der Waals surface area contributed by atoms with Crippen molar-refractivity contribution in [3.05, 3.63) is 57.8 Å². The minimum Gasteiger partial charge on any atom is -0.278 e. The summed E-state index contributed by atoms with van der Waals surface area (Å²) in [7, 11) is 0. The van der Waals surface area contributed by atoms with Crippen molar-refractivity contribution in [1.29, 1.82) is 3.56 Å². The van der Waals surface area contributed by atoms with E-state index in [1.54, 1.807) is 11.3 Å². The van der Waals surface area contributed by atoms with Gasteiger partial charge in [0.25, 0.3) is 0 Å². The molecule has 152 valence electrons. The lowest BCUT2D eigenvalue weighted by Crippen LogP contribution is -1.84. The molecule has 0 atom stereocenters. The van der Waals surface area contributed by atoms with Gasteiger partial charge in [0.15, 0.2) is 0 Å². The van der Waals surface area contributed by atoms with Gasteiger partial charge in [0.1, 0.15) is 11.0 Å². The first-order valence-electron chi connectivity index (χ1n) is 9.40. The number of thiophene rings is 3. The van der Waals surface area contributed by atoms with Gasteiger partial charge in [-0.15, -0.1) is 34.0 Å². The molecule has 0 saturated carbocycles. The Labute approximate surface area is 201 Å². The van der Waals surface area contributed by atoms with Crippen molar-refractivity contribution in [3.8, 4) is 30.6 Å². The van der Waals surface area contributed by atoms with Gasteiger partial charge in [0.2, 0.25) is 0 Å². The first-order valence-corrected chi connectivity index (χ1v) is 15.2. The van der Waals surface area contributed by atoms with E-state index in [0.29, 0.717) is 0 Å². The van der Waals surface area contributed by atoms with Gasteiger partial charge in [0, 0.05) is 39.9 Å². The summed E-state index contributed by atoms with van der Waals surface area (Å²) in [6, 6.07) is 13.4. The van der Waals surface area contributed by atoms with E-state index in [1.807, 2.05) is 22.7 Å². The molecule has 0 fully saturated rings. The lowest BCUT2D eigenvalue weighted by Gasteiger charge is -2.06. The minimum atomic E-state index is -0.380. The molecule has 0 unspecified atom stereocenters. The molecule has 0 aliphatic rings. The molecule has 4 aromatic heterocycles. The summed E-state index contributed by atoms with van der Waals surface area (Å²) in [6.45, 7) is 4.35. The summed E-state index contributed by atoms with van der Waals surface area (Å²) in [5, 5.41) is 2.14. The zero-order valence-corrected chi connectivity index (χ0v) is 21.8. The SMILES string of the molecule is Cc1ccsc1-c1ccc(-c2sc(-c3ccc(CCI=N)s3)cc2C)c2nsnc12. The standard InChI is InChI=1S/C22H18IN3S4/c1-12-8-10-27-21(12)15-4-5-16(20-19(15)25-30-26-20)22-13(2)11-18(29-22)17-6-3-14(28-17)7-9-23-24/h3-6,8,10-11,24H,7,9H2,1-2H3. The van der Waals surface area contributed by atoms with Crippen molar-refractivity contribution < 1.29 is 0 Å². The molecular weight excluding hydrogens is 561 g/mol. The maximum atomic E-state index is 7.48. The van der Waals surface area contributed by atoms with E-state index >= 15 is 0 Å². The number of hydrogen-bond donors (Lipinski definition) is 1. The lowest BCUT2D eigenvalue weighted by molar-refractivity contribution is 1.23. The summed E-state index contributed by atoms with van der Waals surface area (Å²) >= 11 is 6.40. The number of aryl methyl sites for hydroxylation is 3. The third kappa shape index (κ3) is 3.73. The number of aromatic nitrogens is 2. The van der Waals surface area contributed by atoms with Crippen LogP contribution in [0.2, 0.25) is 0 Å². The lowest BCUT2D eigenvalue weighted by atomic mass is 10.0. The maximum Gasteiger partial charge on any atom is 0.114 e. The normalized spacial score (nSPS) is 11.5. The zero-order chi connectivity index (χ0) is 20.7. The van der Waals surface area contributed by atoms with E-state index in [2.05, 4.69) is 64.4 Å². The number of halogens is 1. The Morgan fingerprint density at radius 3 is 2.33 bits per heavy atom. The number of benzene rings is 1. The van der Waals surface area contributed by atoms with E-state index in [1.165, 1.54) is 58.4 Å². The third-order valence-corrected chi connectivity index (χ3v) is 10.3. The van der Waals surface area contributed by atoms with Gasteiger partial charge in [-0.25, -0.2) is 0 Å². The summed E-state index contributed by atoms with van der Waals surface area (Å²) in [5.74, 6) is 0. The van der Waals surface area contributed by atoms with Gasteiger partial charge in [-0.2, -0.15) is 8.75 Å². The highest BCUT2D eigenvalue weighted by molar-refractivity contribution is 14.1. The van der Waals surface area contributed by atoms with Crippen LogP contribution in [0.3, 0.4) is 0 Å². The fourth-order valence-electron chi connectivity index (χ4n) is 3.54. The fourth-order valence-corrected chi connectivity index (χ4v) is 8.57. The first kappa shape index (κ1) is 20.6. The van der Waals surface area contributed by atoms with Crippen molar-refractivity contribution in [2.24, 2.45) is 0 Å². The van der Waals surface area contributed by atoms with E-state index in [9.17, 15) is 0 Å². The van der Waals surface area contributed by atoms with Crippen molar-refractivity contribution in [2.45, 2.75) is 20.3 Å². The van der Waals surface area contributed by atoms with Crippen LogP contribution in [0.1, 0.15) is 16.0 Å². The van der Waals surface area contributed by atoms with Gasteiger partial charge in [-0.05, 0) is 82.1 Å². The summed E-state index contributed by atoms with van der Waals surface area (Å²) in [5.41, 5.74) is 6.96. The molecule has 0 saturated heterocycles. The van der Waals surface area contributed by atoms with Crippen LogP contribution in [0.4, 0.5) is 0 Å². The molecule has 0 aliphatic heterocycles. The van der Waals surface area contributed by atoms with E-state index in [0.717, 1.165) is 21.9 Å². The maximum absolute atomic E-state index is 7.48. The number of fused-ring (bicyclic) bond motifs is 1. The van der Waals surface area contributed by atoms with Crippen LogP contribution < -0.4 is 0 Å². The van der Waals surface area contributed by atoms with Crippen LogP contribution in [0.5, 0.6) is 0 Å². The van der Waals surface area contributed by atoms with Crippen LogP contribution in [0, 0.1) is 17.4 Å². The minimum absolute atomic E-state index is 0.380. The quantitative estimate of drug-likeness (QED) is 0.162. The molecule has 8 heteroatoms. The highest BCUT2D eigenvalue weighted by Gasteiger charge is 2.18. The number of alkyl halides is 1. The number of nitrogens with zero attached hydrogens (tertiary/aromatic N) is 2. The highest BCUT2D eigenvalue weighted by Crippen LogP contribution is 2.44. The molecule has 1 N–H and O–H groups in total. The second kappa shape index (κ2) is 8.66. The Morgan fingerprint density at radius 1 is 0.867 bits per heavy atom. The molecule has 4 heterocycles. The van der Waals surface area contributed by atoms with Crippen molar-refractivity contribution in [3.63, 3.8) is 0 Å². The van der Waals surface area contributed by atoms with Crippen LogP contribution in [0.25, 0.3) is 41.7 Å². The molecule has 0 amide bonds. The van der Waals surface area contributed by atoms with Gasteiger partial charge >= 0.3 is 0 Å². The Hall–Kier alpha value is -1.33. The smallest absolute Gasteiger partial charge is 0.114 e. The van der Waals surface area contributed by atoms with Crippen LogP contribution in [-0.4, -0.2) is 13.2 Å². The van der Waals surface area contributed by atoms with E-state index in [-0.39, 0.29) is 21.0 Å². The molecule has 0 spiro atoms. The Morgan fingerprint density at radius 2 is 1.63 bits per heavy atom. The molecule has 5 aromatic rings. The predicted octanol–water partition coefficient (Wildman–Crippen LogP) is 8.77.